The quantitative estimate of drug-likeness (QED) is 0.840. The third-order valence-electron chi connectivity index (χ3n) is 4.94. The topological polar surface area (TPSA) is 35.9 Å². The number of piperazine rings is 1. The monoisotopic (exact) mass is 298 g/mol. The molecular weight excluding hydrogens is 264 g/mol. The molecule has 21 heavy (non-hydrogen) atoms. The molecule has 1 saturated heterocycles. The molecular formula is C17H34N2O2. The molecule has 2 rings (SSSR count). The van der Waals surface area contributed by atoms with Crippen molar-refractivity contribution in [1.29, 1.82) is 0 Å². The van der Waals surface area contributed by atoms with Crippen LogP contribution in [0.2, 0.25) is 0 Å². The fraction of sp³-hybridized carbons (Fsp3) is 1.00. The number of ether oxygens (including phenoxy) is 1. The second kappa shape index (κ2) is 7.40. The van der Waals surface area contributed by atoms with Crippen molar-refractivity contribution >= 4 is 0 Å². The van der Waals surface area contributed by atoms with Crippen molar-refractivity contribution in [3.05, 3.63) is 0 Å². The lowest BCUT2D eigenvalue weighted by atomic mass is 9.71. The maximum atomic E-state index is 10.2. The highest BCUT2D eigenvalue weighted by molar-refractivity contribution is 4.83. The van der Waals surface area contributed by atoms with Gasteiger partial charge in [-0.1, -0.05) is 20.8 Å². The van der Waals surface area contributed by atoms with Crippen molar-refractivity contribution in [2.75, 3.05) is 46.4 Å². The number of nitrogens with zero attached hydrogens (tertiary/aromatic N) is 2. The standard InChI is InChI=1S/C17H34N2O2/c1-14-9-16(11-17(2,3)10-14)21-13-15(20)12-19-7-5-18(4)6-8-19/h14-16,20H,5-13H2,1-4H3/t14-,15+,16-/m0/s1. The van der Waals surface area contributed by atoms with Crippen LogP contribution >= 0.6 is 0 Å². The van der Waals surface area contributed by atoms with Crippen molar-refractivity contribution in [1.82, 2.24) is 9.80 Å². The predicted molar refractivity (Wildman–Crippen MR) is 86.5 cm³/mol. The second-order valence-corrected chi connectivity index (χ2v) is 8.13. The third kappa shape index (κ3) is 5.85. The van der Waals surface area contributed by atoms with Crippen LogP contribution in [-0.4, -0.2) is 73.5 Å². The lowest BCUT2D eigenvalue weighted by Gasteiger charge is -2.39. The highest BCUT2D eigenvalue weighted by atomic mass is 16.5. The molecule has 0 bridgehead atoms. The van der Waals surface area contributed by atoms with Gasteiger partial charge >= 0.3 is 0 Å². The van der Waals surface area contributed by atoms with Crippen LogP contribution in [-0.2, 0) is 4.74 Å². The van der Waals surface area contributed by atoms with E-state index in [0.717, 1.165) is 51.5 Å². The average Bonchev–Trinajstić information content (AvgIpc) is 2.37. The number of hydrogen-bond donors (Lipinski definition) is 1. The van der Waals surface area contributed by atoms with Gasteiger partial charge in [0.1, 0.15) is 0 Å². The Hall–Kier alpha value is -0.160. The Balaban J connectivity index is 1.67. The molecule has 2 aliphatic rings. The maximum Gasteiger partial charge on any atom is 0.0900 e. The van der Waals surface area contributed by atoms with Crippen LogP contribution in [0.1, 0.15) is 40.0 Å². The zero-order chi connectivity index (χ0) is 15.5. The second-order valence-electron chi connectivity index (χ2n) is 8.13. The van der Waals surface area contributed by atoms with E-state index in [-0.39, 0.29) is 6.10 Å². The number of aliphatic hydroxyl groups excluding tert-OH is 1. The van der Waals surface area contributed by atoms with Gasteiger partial charge in [-0.2, -0.15) is 0 Å². The van der Waals surface area contributed by atoms with Crippen molar-refractivity contribution in [2.24, 2.45) is 11.3 Å². The summed E-state index contributed by atoms with van der Waals surface area (Å²) in [6.07, 6.45) is 3.53. The largest absolute Gasteiger partial charge is 0.389 e. The molecule has 1 aliphatic heterocycles. The molecule has 0 aromatic rings. The smallest absolute Gasteiger partial charge is 0.0900 e. The molecule has 124 valence electrons. The minimum atomic E-state index is -0.353. The SMILES string of the molecule is C[C@H]1C[C@H](OC[C@H](O)CN2CCN(C)CC2)CC(C)(C)C1. The van der Waals surface area contributed by atoms with E-state index in [2.05, 4.69) is 37.6 Å². The van der Waals surface area contributed by atoms with Gasteiger partial charge in [-0.05, 0) is 37.6 Å². The normalized spacial score (nSPS) is 33.0. The highest BCUT2D eigenvalue weighted by Crippen LogP contribution is 2.39. The van der Waals surface area contributed by atoms with Gasteiger partial charge in [0.2, 0.25) is 0 Å². The van der Waals surface area contributed by atoms with Crippen LogP contribution in [0.5, 0.6) is 0 Å². The van der Waals surface area contributed by atoms with E-state index in [9.17, 15) is 5.11 Å². The van der Waals surface area contributed by atoms with Crippen molar-refractivity contribution < 1.29 is 9.84 Å². The zero-order valence-corrected chi connectivity index (χ0v) is 14.3. The van der Waals surface area contributed by atoms with E-state index < -0.39 is 0 Å². The van der Waals surface area contributed by atoms with Crippen molar-refractivity contribution in [3.63, 3.8) is 0 Å². The van der Waals surface area contributed by atoms with Crippen molar-refractivity contribution in [2.45, 2.75) is 52.2 Å². The van der Waals surface area contributed by atoms with E-state index >= 15 is 0 Å². The van der Waals surface area contributed by atoms with Crippen LogP contribution in [0.3, 0.4) is 0 Å². The first-order valence-electron chi connectivity index (χ1n) is 8.54. The molecule has 4 nitrogen and oxygen atoms in total. The number of likely N-dealkylation sites (N-methyl/N-ethyl adjacent to an activating group) is 1. The fourth-order valence-electron chi connectivity index (χ4n) is 4.01. The summed E-state index contributed by atoms with van der Waals surface area (Å²) in [5, 5.41) is 10.2. The Morgan fingerprint density at radius 1 is 1.19 bits per heavy atom. The van der Waals surface area contributed by atoms with Gasteiger partial charge < -0.3 is 14.7 Å². The third-order valence-corrected chi connectivity index (χ3v) is 4.94. The summed E-state index contributed by atoms with van der Waals surface area (Å²) in [5.41, 5.74) is 0.380. The van der Waals surface area contributed by atoms with Crippen LogP contribution in [0.15, 0.2) is 0 Å². The van der Waals surface area contributed by atoms with E-state index in [1.54, 1.807) is 0 Å². The molecule has 1 N–H and O–H groups in total. The Labute approximate surface area is 130 Å². The maximum absolute atomic E-state index is 10.2. The molecule has 0 unspecified atom stereocenters. The van der Waals surface area contributed by atoms with Crippen LogP contribution < -0.4 is 0 Å². The Kier molecular flexibility index (Phi) is 6.06. The van der Waals surface area contributed by atoms with Gasteiger partial charge in [0, 0.05) is 32.7 Å². The summed E-state index contributed by atoms with van der Waals surface area (Å²) >= 11 is 0. The average molecular weight is 298 g/mol. The first-order valence-corrected chi connectivity index (χ1v) is 8.54. The lowest BCUT2D eigenvalue weighted by molar-refractivity contribution is -0.0630. The molecule has 4 heteroatoms. The van der Waals surface area contributed by atoms with E-state index in [1.165, 1.54) is 6.42 Å². The summed E-state index contributed by atoms with van der Waals surface area (Å²) in [7, 11) is 2.16. The van der Waals surface area contributed by atoms with Crippen LogP contribution in [0, 0.1) is 11.3 Å². The van der Waals surface area contributed by atoms with Crippen molar-refractivity contribution in [3.8, 4) is 0 Å². The van der Waals surface area contributed by atoms with Gasteiger partial charge in [0.15, 0.2) is 0 Å². The van der Waals surface area contributed by atoms with E-state index in [1.807, 2.05) is 0 Å². The molecule has 1 heterocycles. The number of hydrogen-bond acceptors (Lipinski definition) is 4. The molecule has 0 aromatic carbocycles. The van der Waals surface area contributed by atoms with Gasteiger partial charge in [-0.3, -0.25) is 4.90 Å². The van der Waals surface area contributed by atoms with Gasteiger partial charge in [0.05, 0.1) is 18.8 Å². The summed E-state index contributed by atoms with van der Waals surface area (Å²) in [5.74, 6) is 0.730. The Morgan fingerprint density at radius 2 is 1.86 bits per heavy atom. The van der Waals surface area contributed by atoms with Crippen LogP contribution in [0.4, 0.5) is 0 Å². The predicted octanol–water partition coefficient (Wildman–Crippen LogP) is 1.83. The minimum absolute atomic E-state index is 0.325. The number of β-amino-alcohol motifs (C(OH)–C–C–N with tert-alkyl or cyclic N) is 1. The lowest BCUT2D eigenvalue weighted by Crippen LogP contribution is -2.47. The Bertz CT molecular complexity index is 314. The van der Waals surface area contributed by atoms with Gasteiger partial charge in [-0.25, -0.2) is 0 Å². The fourth-order valence-corrected chi connectivity index (χ4v) is 4.01. The Morgan fingerprint density at radius 3 is 2.48 bits per heavy atom. The number of aliphatic hydroxyl groups is 1. The molecule has 1 saturated carbocycles. The molecule has 0 radical (unpaired) electrons. The first-order chi connectivity index (χ1) is 9.84. The van der Waals surface area contributed by atoms with Crippen LogP contribution in [0.25, 0.3) is 0 Å². The summed E-state index contributed by atoms with van der Waals surface area (Å²) in [6.45, 7) is 12.5. The molecule has 2 fully saturated rings. The summed E-state index contributed by atoms with van der Waals surface area (Å²) < 4.78 is 6.03. The summed E-state index contributed by atoms with van der Waals surface area (Å²) in [6, 6.07) is 0. The molecule has 0 spiro atoms. The molecule has 0 amide bonds. The van der Waals surface area contributed by atoms with E-state index in [0.29, 0.717) is 18.1 Å². The van der Waals surface area contributed by atoms with E-state index in [4.69, 9.17) is 4.74 Å². The zero-order valence-electron chi connectivity index (χ0n) is 14.3. The molecule has 0 aromatic heterocycles. The molecule has 3 atom stereocenters. The van der Waals surface area contributed by atoms with Gasteiger partial charge in [0.25, 0.3) is 0 Å². The highest BCUT2D eigenvalue weighted by Gasteiger charge is 2.32. The summed E-state index contributed by atoms with van der Waals surface area (Å²) in [4.78, 5) is 4.69. The van der Waals surface area contributed by atoms with Gasteiger partial charge in [-0.15, -0.1) is 0 Å². The number of rotatable bonds is 5. The molecule has 1 aliphatic carbocycles. The first kappa shape index (κ1) is 17.2. The minimum Gasteiger partial charge on any atom is -0.389 e.